The summed E-state index contributed by atoms with van der Waals surface area (Å²) in [6.45, 7) is 4.06. The van der Waals surface area contributed by atoms with Gasteiger partial charge in [-0.2, -0.15) is 5.26 Å². The molecule has 0 radical (unpaired) electrons. The van der Waals surface area contributed by atoms with E-state index < -0.39 is 17.2 Å². The maximum atomic E-state index is 13.8. The Morgan fingerprint density at radius 1 is 1.08 bits per heavy atom. The van der Waals surface area contributed by atoms with Gasteiger partial charge in [-0.25, -0.2) is 18.7 Å². The number of nitrogens with zero attached hydrogens (tertiary/aromatic N) is 3. The molecule has 0 aliphatic carbocycles. The van der Waals surface area contributed by atoms with Crippen LogP contribution in [0.15, 0.2) is 30.6 Å². The maximum absolute atomic E-state index is 13.8. The van der Waals surface area contributed by atoms with Gasteiger partial charge in [0.25, 0.3) is 0 Å². The van der Waals surface area contributed by atoms with Crippen molar-refractivity contribution in [3.63, 3.8) is 0 Å². The molecule has 0 spiro atoms. The van der Waals surface area contributed by atoms with Gasteiger partial charge in [0.05, 0.1) is 0 Å². The Hall–Kier alpha value is -2.35. The molecule has 0 saturated carbocycles. The van der Waals surface area contributed by atoms with Crippen molar-refractivity contribution in [2.75, 3.05) is 0 Å². The second-order valence-electron chi connectivity index (χ2n) is 6.04. The summed E-state index contributed by atoms with van der Waals surface area (Å²) in [6, 6.07) is 5.87. The fourth-order valence-corrected chi connectivity index (χ4v) is 2.87. The van der Waals surface area contributed by atoms with Gasteiger partial charge in [-0.15, -0.1) is 0 Å². The van der Waals surface area contributed by atoms with Crippen LogP contribution in [0.3, 0.4) is 0 Å². The van der Waals surface area contributed by atoms with Crippen molar-refractivity contribution < 1.29 is 8.78 Å². The normalized spacial score (nSPS) is 13.3. The van der Waals surface area contributed by atoms with Gasteiger partial charge in [0, 0.05) is 18.3 Å². The fraction of sp³-hybridized carbons (Fsp3) is 0.421. The van der Waals surface area contributed by atoms with Gasteiger partial charge in [-0.05, 0) is 48.9 Å². The summed E-state index contributed by atoms with van der Waals surface area (Å²) in [6.07, 6.45) is 7.10. The maximum Gasteiger partial charge on any atom is 0.144 e. The van der Waals surface area contributed by atoms with E-state index >= 15 is 0 Å². The summed E-state index contributed by atoms with van der Waals surface area (Å²) in [4.78, 5) is 8.66. The van der Waals surface area contributed by atoms with Crippen LogP contribution >= 0.6 is 0 Å². The van der Waals surface area contributed by atoms with Crippen LogP contribution in [0, 0.1) is 23.0 Å². The van der Waals surface area contributed by atoms with E-state index in [1.165, 1.54) is 12.1 Å². The van der Waals surface area contributed by atoms with Gasteiger partial charge in [-0.1, -0.05) is 20.3 Å². The Morgan fingerprint density at radius 2 is 1.71 bits per heavy atom. The zero-order chi connectivity index (χ0) is 17.5. The van der Waals surface area contributed by atoms with E-state index in [1.807, 2.05) is 6.92 Å². The number of hydrogen-bond donors (Lipinski definition) is 0. The minimum absolute atomic E-state index is 0.00943. The minimum Gasteiger partial charge on any atom is -0.241 e. The average Bonchev–Trinajstić information content (AvgIpc) is 2.58. The molecule has 5 heteroatoms. The lowest BCUT2D eigenvalue weighted by atomic mass is 9.89. The highest BCUT2D eigenvalue weighted by Gasteiger charge is 2.18. The molecular weight excluding hydrogens is 308 g/mol. The van der Waals surface area contributed by atoms with Crippen LogP contribution in [-0.4, -0.2) is 9.97 Å². The molecule has 0 amide bonds. The van der Waals surface area contributed by atoms with Gasteiger partial charge < -0.3 is 0 Å². The van der Waals surface area contributed by atoms with Crippen LogP contribution in [0.1, 0.15) is 68.3 Å². The van der Waals surface area contributed by atoms with Gasteiger partial charge in [-0.3, -0.25) is 0 Å². The molecule has 0 N–H and O–H groups in total. The highest BCUT2D eigenvalue weighted by molar-refractivity contribution is 5.36. The van der Waals surface area contributed by atoms with Crippen molar-refractivity contribution >= 4 is 0 Å². The quantitative estimate of drug-likeness (QED) is 0.710. The molecule has 0 aliphatic rings. The first-order chi connectivity index (χ1) is 11.6. The smallest absolute Gasteiger partial charge is 0.144 e. The van der Waals surface area contributed by atoms with E-state index in [0.29, 0.717) is 5.56 Å². The highest BCUT2D eigenvalue weighted by Crippen LogP contribution is 2.30. The summed E-state index contributed by atoms with van der Waals surface area (Å²) in [5.41, 5.74) is 0.0562. The van der Waals surface area contributed by atoms with Crippen molar-refractivity contribution in [2.24, 2.45) is 0 Å². The monoisotopic (exact) mass is 329 g/mol. The molecule has 1 aromatic carbocycles. The Bertz CT molecular complexity index is 687. The molecule has 2 unspecified atom stereocenters. The Labute approximate surface area is 141 Å². The van der Waals surface area contributed by atoms with Gasteiger partial charge in [0.2, 0.25) is 0 Å². The Kier molecular flexibility index (Phi) is 6.36. The van der Waals surface area contributed by atoms with Gasteiger partial charge in [0.1, 0.15) is 29.1 Å². The topological polar surface area (TPSA) is 49.6 Å². The third kappa shape index (κ3) is 4.35. The van der Waals surface area contributed by atoms with Crippen molar-refractivity contribution in [2.45, 2.75) is 51.4 Å². The summed E-state index contributed by atoms with van der Waals surface area (Å²) in [5.74, 6) is -0.535. The number of aromatic nitrogens is 2. The average molecular weight is 329 g/mol. The van der Waals surface area contributed by atoms with Crippen LogP contribution in [0.2, 0.25) is 0 Å². The predicted octanol–water partition coefficient (Wildman–Crippen LogP) is 5.09. The number of hydrogen-bond acceptors (Lipinski definition) is 3. The molecular formula is C19H21F2N3. The zero-order valence-electron chi connectivity index (χ0n) is 14.0. The molecule has 3 nitrogen and oxygen atoms in total. The molecule has 1 aromatic heterocycles. The predicted molar refractivity (Wildman–Crippen MR) is 88.4 cm³/mol. The van der Waals surface area contributed by atoms with E-state index in [-0.39, 0.29) is 11.8 Å². The van der Waals surface area contributed by atoms with Crippen LogP contribution in [0.4, 0.5) is 8.78 Å². The van der Waals surface area contributed by atoms with Crippen LogP contribution in [-0.2, 0) is 0 Å². The lowest BCUT2D eigenvalue weighted by molar-refractivity contribution is 0.491. The third-order valence-electron chi connectivity index (χ3n) is 4.28. The van der Waals surface area contributed by atoms with Crippen LogP contribution < -0.4 is 0 Å². The second-order valence-corrected chi connectivity index (χ2v) is 6.04. The lowest BCUT2D eigenvalue weighted by Crippen LogP contribution is -2.06. The standard InChI is InChI=1S/C19H21F2N3/c1-3-5-14(19-23-8-4-9-24-19)7-6-13(2)15-10-17(20)16(12-22)18(21)11-15/h4,8-11,13-14H,3,5-7H2,1-2H3. The lowest BCUT2D eigenvalue weighted by Gasteiger charge is -2.18. The molecule has 0 saturated heterocycles. The summed E-state index contributed by atoms with van der Waals surface area (Å²) >= 11 is 0. The number of nitriles is 1. The zero-order valence-corrected chi connectivity index (χ0v) is 14.0. The third-order valence-corrected chi connectivity index (χ3v) is 4.28. The van der Waals surface area contributed by atoms with E-state index in [9.17, 15) is 8.78 Å². The molecule has 2 atom stereocenters. The number of halogens is 2. The molecule has 2 aromatic rings. The first kappa shape index (κ1) is 18.0. The molecule has 1 heterocycles. The van der Waals surface area contributed by atoms with E-state index in [0.717, 1.165) is 31.5 Å². The first-order valence-electron chi connectivity index (χ1n) is 8.22. The highest BCUT2D eigenvalue weighted by atomic mass is 19.1. The number of rotatable bonds is 7. The van der Waals surface area contributed by atoms with Crippen molar-refractivity contribution in [3.8, 4) is 6.07 Å². The number of benzene rings is 1. The Balaban J connectivity index is 2.09. The van der Waals surface area contributed by atoms with Crippen LogP contribution in [0.5, 0.6) is 0 Å². The largest absolute Gasteiger partial charge is 0.241 e. The first-order valence-corrected chi connectivity index (χ1v) is 8.22. The minimum atomic E-state index is -0.796. The van der Waals surface area contributed by atoms with E-state index in [2.05, 4.69) is 16.9 Å². The Morgan fingerprint density at radius 3 is 2.25 bits per heavy atom. The molecule has 0 fully saturated rings. The van der Waals surface area contributed by atoms with Gasteiger partial charge in [0.15, 0.2) is 0 Å². The van der Waals surface area contributed by atoms with Crippen molar-refractivity contribution in [1.29, 1.82) is 5.26 Å². The van der Waals surface area contributed by atoms with Crippen LogP contribution in [0.25, 0.3) is 0 Å². The van der Waals surface area contributed by atoms with Gasteiger partial charge >= 0.3 is 0 Å². The van der Waals surface area contributed by atoms with E-state index in [1.54, 1.807) is 24.5 Å². The summed E-state index contributed by atoms with van der Waals surface area (Å²) in [7, 11) is 0. The van der Waals surface area contributed by atoms with Crippen molar-refractivity contribution in [3.05, 3.63) is 59.2 Å². The SMILES string of the molecule is CCCC(CCC(C)c1cc(F)c(C#N)c(F)c1)c1ncccn1. The fourth-order valence-electron chi connectivity index (χ4n) is 2.87. The van der Waals surface area contributed by atoms with Crippen molar-refractivity contribution in [1.82, 2.24) is 9.97 Å². The molecule has 0 aliphatic heterocycles. The summed E-state index contributed by atoms with van der Waals surface area (Å²) < 4.78 is 27.5. The molecule has 126 valence electrons. The summed E-state index contributed by atoms with van der Waals surface area (Å²) in [5, 5.41) is 8.75. The molecule has 24 heavy (non-hydrogen) atoms. The molecule has 2 rings (SSSR count). The van der Waals surface area contributed by atoms with E-state index in [4.69, 9.17) is 5.26 Å². The second kappa shape index (κ2) is 8.49. The molecule has 0 bridgehead atoms.